The van der Waals surface area contributed by atoms with Gasteiger partial charge in [-0.05, 0) is 29.8 Å². The molecule has 3 heterocycles. The highest BCUT2D eigenvalue weighted by Gasteiger charge is 2.21. The van der Waals surface area contributed by atoms with Gasteiger partial charge in [0.15, 0.2) is 11.6 Å². The van der Waals surface area contributed by atoms with Crippen molar-refractivity contribution in [3.63, 3.8) is 0 Å². The first-order valence-corrected chi connectivity index (χ1v) is 8.51. The van der Waals surface area contributed by atoms with E-state index in [1.165, 1.54) is 5.56 Å². The molecule has 1 aliphatic rings. The molecule has 0 saturated carbocycles. The van der Waals surface area contributed by atoms with E-state index in [2.05, 4.69) is 21.8 Å². The molecule has 1 saturated heterocycles. The number of fused-ring (bicyclic) bond motifs is 1. The summed E-state index contributed by atoms with van der Waals surface area (Å²) in [5.41, 5.74) is 3.03. The highest BCUT2D eigenvalue weighted by molar-refractivity contribution is 5.80. The number of pyridine rings is 1. The molecule has 0 radical (unpaired) electrons. The van der Waals surface area contributed by atoms with Crippen molar-refractivity contribution in [2.45, 2.75) is 6.54 Å². The van der Waals surface area contributed by atoms with Crippen LogP contribution in [0.3, 0.4) is 0 Å². The third-order valence-corrected chi connectivity index (χ3v) is 4.38. The smallest absolute Gasteiger partial charge is 0.172 e. The van der Waals surface area contributed by atoms with Crippen molar-refractivity contribution in [2.24, 2.45) is 0 Å². The predicted octanol–water partition coefficient (Wildman–Crippen LogP) is 2.50. The Morgan fingerprint density at radius 2 is 1.68 bits per heavy atom. The summed E-state index contributed by atoms with van der Waals surface area (Å²) in [6.07, 6.45) is 3.64. The number of rotatable bonds is 4. The van der Waals surface area contributed by atoms with Crippen molar-refractivity contribution in [3.05, 3.63) is 54.4 Å². The first-order valence-electron chi connectivity index (χ1n) is 8.51. The zero-order chi connectivity index (χ0) is 17.1. The molecule has 1 aromatic carbocycles. The van der Waals surface area contributed by atoms with Crippen LogP contribution in [0.15, 0.2) is 48.8 Å². The molecule has 25 heavy (non-hydrogen) atoms. The number of benzene rings is 1. The van der Waals surface area contributed by atoms with Gasteiger partial charge in [0.25, 0.3) is 0 Å². The van der Waals surface area contributed by atoms with Crippen LogP contribution in [-0.2, 0) is 11.3 Å². The number of aromatic nitrogens is 3. The first kappa shape index (κ1) is 15.8. The van der Waals surface area contributed by atoms with Crippen LogP contribution in [0, 0.1) is 0 Å². The molecule has 1 fully saturated rings. The van der Waals surface area contributed by atoms with Gasteiger partial charge in [0.2, 0.25) is 0 Å². The lowest BCUT2D eigenvalue weighted by Crippen LogP contribution is -2.38. The molecule has 0 unspecified atom stereocenters. The second-order valence-electron chi connectivity index (χ2n) is 6.17. The zero-order valence-electron chi connectivity index (χ0n) is 14.3. The average molecular weight is 335 g/mol. The normalized spacial score (nSPS) is 14.7. The lowest BCUT2D eigenvalue weighted by Gasteiger charge is -2.31. The maximum Gasteiger partial charge on any atom is 0.172 e. The molecule has 0 N–H and O–H groups in total. The Bertz CT molecular complexity index is 849. The average Bonchev–Trinajstić information content (AvgIpc) is 2.68. The lowest BCUT2D eigenvalue weighted by molar-refractivity contribution is 0.122. The third-order valence-electron chi connectivity index (χ3n) is 4.38. The fourth-order valence-electron chi connectivity index (χ4n) is 3.06. The number of morpholine rings is 1. The summed E-state index contributed by atoms with van der Waals surface area (Å²) in [5.74, 6) is 1.83. The summed E-state index contributed by atoms with van der Waals surface area (Å²) in [6.45, 7) is 3.88. The van der Waals surface area contributed by atoms with Crippen molar-refractivity contribution >= 4 is 22.7 Å². The van der Waals surface area contributed by atoms with Gasteiger partial charge in [0.1, 0.15) is 0 Å². The number of nitrogens with zero attached hydrogens (tertiary/aromatic N) is 5. The van der Waals surface area contributed by atoms with Gasteiger partial charge in [0.05, 0.1) is 24.2 Å². The Hall–Kier alpha value is -2.73. The van der Waals surface area contributed by atoms with Crippen LogP contribution in [-0.4, -0.2) is 48.3 Å². The summed E-state index contributed by atoms with van der Waals surface area (Å²) in [7, 11) is 2.06. The fourth-order valence-corrected chi connectivity index (χ4v) is 3.06. The standard InChI is InChI=1S/C19H21N5O/c1-23(14-15-6-8-20-9-7-15)18-19(24-10-12-25-13-11-24)22-17-5-3-2-4-16(17)21-18/h2-9H,10-14H2,1H3. The van der Waals surface area contributed by atoms with Crippen molar-refractivity contribution in [2.75, 3.05) is 43.2 Å². The van der Waals surface area contributed by atoms with Gasteiger partial charge in [-0.2, -0.15) is 0 Å². The monoisotopic (exact) mass is 335 g/mol. The van der Waals surface area contributed by atoms with Crippen LogP contribution in [0.1, 0.15) is 5.56 Å². The zero-order valence-corrected chi connectivity index (χ0v) is 14.3. The largest absolute Gasteiger partial charge is 0.378 e. The van der Waals surface area contributed by atoms with E-state index >= 15 is 0 Å². The number of hydrogen-bond donors (Lipinski definition) is 0. The van der Waals surface area contributed by atoms with Crippen LogP contribution in [0.4, 0.5) is 11.6 Å². The van der Waals surface area contributed by atoms with Crippen molar-refractivity contribution < 1.29 is 4.74 Å². The molecule has 0 amide bonds. The summed E-state index contributed by atoms with van der Waals surface area (Å²) >= 11 is 0. The Balaban J connectivity index is 1.74. The van der Waals surface area contributed by atoms with Crippen LogP contribution in [0.2, 0.25) is 0 Å². The van der Waals surface area contributed by atoms with Gasteiger partial charge in [-0.15, -0.1) is 0 Å². The van der Waals surface area contributed by atoms with Gasteiger partial charge in [-0.25, -0.2) is 9.97 Å². The predicted molar refractivity (Wildman–Crippen MR) is 98.9 cm³/mol. The highest BCUT2D eigenvalue weighted by atomic mass is 16.5. The molecule has 6 nitrogen and oxygen atoms in total. The molecule has 0 aliphatic carbocycles. The molecule has 2 aromatic heterocycles. The summed E-state index contributed by atoms with van der Waals surface area (Å²) in [4.78, 5) is 18.3. The Kier molecular flexibility index (Phi) is 4.43. The minimum absolute atomic E-state index is 0.724. The van der Waals surface area contributed by atoms with Gasteiger partial charge in [0, 0.05) is 39.1 Å². The highest BCUT2D eigenvalue weighted by Crippen LogP contribution is 2.29. The number of hydrogen-bond acceptors (Lipinski definition) is 6. The summed E-state index contributed by atoms with van der Waals surface area (Å²) < 4.78 is 5.49. The van der Waals surface area contributed by atoms with Crippen molar-refractivity contribution in [1.29, 1.82) is 0 Å². The van der Waals surface area contributed by atoms with Crippen molar-refractivity contribution in [3.8, 4) is 0 Å². The SMILES string of the molecule is CN(Cc1ccncc1)c1nc2ccccc2nc1N1CCOCC1. The number of para-hydroxylation sites is 2. The van der Waals surface area contributed by atoms with Crippen LogP contribution < -0.4 is 9.80 Å². The lowest BCUT2D eigenvalue weighted by atomic mass is 10.2. The van der Waals surface area contributed by atoms with Gasteiger partial charge in [-0.1, -0.05) is 12.1 Å². The van der Waals surface area contributed by atoms with Gasteiger partial charge >= 0.3 is 0 Å². The quantitative estimate of drug-likeness (QED) is 0.730. The minimum Gasteiger partial charge on any atom is -0.378 e. The maximum atomic E-state index is 5.49. The second kappa shape index (κ2) is 7.03. The minimum atomic E-state index is 0.724. The van der Waals surface area contributed by atoms with E-state index in [1.807, 2.05) is 48.8 Å². The second-order valence-corrected chi connectivity index (χ2v) is 6.17. The van der Waals surface area contributed by atoms with Crippen LogP contribution >= 0.6 is 0 Å². The molecule has 4 rings (SSSR count). The first-order chi connectivity index (χ1) is 12.3. The third kappa shape index (κ3) is 3.39. The molecule has 0 spiro atoms. The van der Waals surface area contributed by atoms with Crippen LogP contribution in [0.25, 0.3) is 11.0 Å². The molecule has 0 bridgehead atoms. The molecule has 1 aliphatic heterocycles. The Morgan fingerprint density at radius 3 is 2.40 bits per heavy atom. The van der Waals surface area contributed by atoms with E-state index in [1.54, 1.807) is 0 Å². The fraction of sp³-hybridized carbons (Fsp3) is 0.316. The Morgan fingerprint density at radius 1 is 1.00 bits per heavy atom. The molecule has 0 atom stereocenters. The van der Waals surface area contributed by atoms with Crippen LogP contribution in [0.5, 0.6) is 0 Å². The number of ether oxygens (including phenoxy) is 1. The van der Waals surface area contributed by atoms with E-state index < -0.39 is 0 Å². The molecular formula is C19H21N5O. The molecule has 6 heteroatoms. The van der Waals surface area contributed by atoms with E-state index in [-0.39, 0.29) is 0 Å². The molecule has 3 aromatic rings. The van der Waals surface area contributed by atoms with E-state index in [0.29, 0.717) is 0 Å². The maximum absolute atomic E-state index is 5.49. The Labute approximate surface area is 147 Å². The number of anilines is 2. The van der Waals surface area contributed by atoms with Crippen molar-refractivity contribution in [1.82, 2.24) is 15.0 Å². The van der Waals surface area contributed by atoms with E-state index in [0.717, 1.165) is 55.5 Å². The van der Waals surface area contributed by atoms with E-state index in [9.17, 15) is 0 Å². The molecule has 128 valence electrons. The topological polar surface area (TPSA) is 54.4 Å². The summed E-state index contributed by atoms with van der Waals surface area (Å²) in [5, 5.41) is 0. The van der Waals surface area contributed by atoms with E-state index in [4.69, 9.17) is 14.7 Å². The van der Waals surface area contributed by atoms with Gasteiger partial charge < -0.3 is 14.5 Å². The van der Waals surface area contributed by atoms with Gasteiger partial charge in [-0.3, -0.25) is 4.98 Å². The molecular weight excluding hydrogens is 314 g/mol. The summed E-state index contributed by atoms with van der Waals surface area (Å²) in [6, 6.07) is 12.1.